The molecule has 1 aliphatic heterocycles. The lowest BCUT2D eigenvalue weighted by atomic mass is 9.74. The Hall–Kier alpha value is -1.66. The van der Waals surface area contributed by atoms with Crippen LogP contribution in [0.3, 0.4) is 0 Å². The van der Waals surface area contributed by atoms with E-state index in [1.54, 1.807) is 12.1 Å². The monoisotopic (exact) mass is 324 g/mol. The van der Waals surface area contributed by atoms with Crippen molar-refractivity contribution in [2.45, 2.75) is 38.2 Å². The Labute approximate surface area is 135 Å². The van der Waals surface area contributed by atoms with Crippen LogP contribution in [-0.2, 0) is 5.60 Å². The molecule has 1 heterocycles. The largest absolute Gasteiger partial charge is 0.465 e. The third-order valence-electron chi connectivity index (χ3n) is 4.57. The second-order valence-electron chi connectivity index (χ2n) is 6.29. The molecule has 2 atom stereocenters. The first kappa shape index (κ1) is 17.7. The zero-order chi connectivity index (χ0) is 16.9. The number of rotatable bonds is 6. The fourth-order valence-electron chi connectivity index (χ4n) is 3.34. The maximum absolute atomic E-state index is 14.4. The number of piperidine rings is 1. The zero-order valence-electron chi connectivity index (χ0n) is 13.4. The van der Waals surface area contributed by atoms with Gasteiger partial charge >= 0.3 is 6.09 Å². The van der Waals surface area contributed by atoms with E-state index in [1.165, 1.54) is 6.07 Å². The van der Waals surface area contributed by atoms with Crippen LogP contribution in [0, 0.1) is 18.7 Å². The number of nitrogens with one attached hydrogen (secondary N) is 2. The molecular formula is C17H25FN2O3. The lowest BCUT2D eigenvalue weighted by Crippen LogP contribution is -2.45. The van der Waals surface area contributed by atoms with E-state index in [0.717, 1.165) is 24.9 Å². The highest BCUT2D eigenvalue weighted by molar-refractivity contribution is 5.64. The van der Waals surface area contributed by atoms with E-state index in [4.69, 9.17) is 5.11 Å². The summed E-state index contributed by atoms with van der Waals surface area (Å²) in [5.74, 6) is -0.493. The third kappa shape index (κ3) is 4.42. The van der Waals surface area contributed by atoms with E-state index < -0.39 is 17.5 Å². The number of aliphatic hydroxyl groups is 1. The van der Waals surface area contributed by atoms with Crippen LogP contribution in [0.25, 0.3) is 0 Å². The molecule has 6 heteroatoms. The number of halogens is 1. The standard InChI is InChI=1S/C17H25FN2O3/c1-12-5-6-15(18)14(10-12)17(23,7-3-9-20-16(21)22)13-4-2-8-19-11-13/h5-6,10,13,19-20,23H,2-4,7-9,11H2,1H3,(H,21,22)/t13-,17+/m1/s1. The van der Waals surface area contributed by atoms with Crippen molar-refractivity contribution in [3.05, 3.63) is 35.1 Å². The van der Waals surface area contributed by atoms with Gasteiger partial charge in [-0.05, 0) is 45.2 Å². The highest BCUT2D eigenvalue weighted by atomic mass is 19.1. The average Bonchev–Trinajstić information content (AvgIpc) is 2.54. The maximum atomic E-state index is 14.4. The first-order valence-electron chi connectivity index (χ1n) is 8.10. The summed E-state index contributed by atoms with van der Waals surface area (Å²) in [7, 11) is 0. The van der Waals surface area contributed by atoms with Gasteiger partial charge in [-0.1, -0.05) is 17.7 Å². The van der Waals surface area contributed by atoms with Crippen LogP contribution in [0.15, 0.2) is 18.2 Å². The second-order valence-corrected chi connectivity index (χ2v) is 6.29. The van der Waals surface area contributed by atoms with Crippen LogP contribution in [0.2, 0.25) is 0 Å². The quantitative estimate of drug-likeness (QED) is 0.606. The smallest absolute Gasteiger partial charge is 0.404 e. The number of amides is 1. The lowest BCUT2D eigenvalue weighted by Gasteiger charge is -2.39. The molecule has 1 saturated heterocycles. The van der Waals surface area contributed by atoms with Crippen LogP contribution >= 0.6 is 0 Å². The van der Waals surface area contributed by atoms with Crippen molar-refractivity contribution in [2.75, 3.05) is 19.6 Å². The highest BCUT2D eigenvalue weighted by Gasteiger charge is 2.40. The average molecular weight is 324 g/mol. The van der Waals surface area contributed by atoms with E-state index in [2.05, 4.69) is 10.6 Å². The molecule has 23 heavy (non-hydrogen) atoms. The van der Waals surface area contributed by atoms with Gasteiger partial charge in [-0.25, -0.2) is 9.18 Å². The van der Waals surface area contributed by atoms with Gasteiger partial charge in [0.25, 0.3) is 0 Å². The Morgan fingerprint density at radius 2 is 2.30 bits per heavy atom. The number of benzene rings is 1. The molecule has 0 unspecified atom stereocenters. The summed E-state index contributed by atoms with van der Waals surface area (Å²) < 4.78 is 14.4. The molecule has 1 aromatic rings. The van der Waals surface area contributed by atoms with Crippen molar-refractivity contribution >= 4 is 6.09 Å². The summed E-state index contributed by atoms with van der Waals surface area (Å²) in [6, 6.07) is 4.78. The topological polar surface area (TPSA) is 81.6 Å². The fourth-order valence-corrected chi connectivity index (χ4v) is 3.34. The summed E-state index contributed by atoms with van der Waals surface area (Å²) >= 11 is 0. The van der Waals surface area contributed by atoms with Gasteiger partial charge in [0.1, 0.15) is 5.82 Å². The van der Waals surface area contributed by atoms with E-state index in [1.807, 2.05) is 6.92 Å². The molecule has 2 rings (SSSR count). The van der Waals surface area contributed by atoms with Crippen molar-refractivity contribution < 1.29 is 19.4 Å². The summed E-state index contributed by atoms with van der Waals surface area (Å²) in [6.07, 6.45) is 1.44. The van der Waals surface area contributed by atoms with Crippen molar-refractivity contribution in [2.24, 2.45) is 5.92 Å². The maximum Gasteiger partial charge on any atom is 0.404 e. The minimum absolute atomic E-state index is 0.0858. The SMILES string of the molecule is Cc1ccc(F)c([C@](O)(CCCNC(=O)O)[C@@H]2CCCNC2)c1. The summed E-state index contributed by atoms with van der Waals surface area (Å²) in [5.41, 5.74) is -0.0715. The van der Waals surface area contributed by atoms with Gasteiger partial charge in [0, 0.05) is 24.6 Å². The summed E-state index contributed by atoms with van der Waals surface area (Å²) in [5, 5.41) is 25.5. The van der Waals surface area contributed by atoms with Crippen LogP contribution in [-0.4, -0.2) is 35.9 Å². The Kier molecular flexibility index (Phi) is 5.96. The normalized spacial score (nSPS) is 20.7. The summed E-state index contributed by atoms with van der Waals surface area (Å²) in [4.78, 5) is 10.6. The van der Waals surface area contributed by atoms with E-state index in [-0.39, 0.29) is 12.5 Å². The molecule has 1 aromatic carbocycles. The van der Waals surface area contributed by atoms with Crippen molar-refractivity contribution in [3.8, 4) is 0 Å². The zero-order valence-corrected chi connectivity index (χ0v) is 13.4. The number of hydrogen-bond acceptors (Lipinski definition) is 3. The van der Waals surface area contributed by atoms with Gasteiger partial charge in [-0.3, -0.25) is 0 Å². The lowest BCUT2D eigenvalue weighted by molar-refractivity contribution is -0.0447. The van der Waals surface area contributed by atoms with Gasteiger partial charge in [0.15, 0.2) is 0 Å². The number of hydrogen-bond donors (Lipinski definition) is 4. The molecule has 0 aromatic heterocycles. The molecule has 128 valence electrons. The van der Waals surface area contributed by atoms with E-state index in [0.29, 0.717) is 24.9 Å². The Balaban J connectivity index is 2.22. The van der Waals surface area contributed by atoms with Crippen LogP contribution in [0.4, 0.5) is 9.18 Å². The van der Waals surface area contributed by atoms with Crippen molar-refractivity contribution in [1.29, 1.82) is 0 Å². The number of aryl methyl sites for hydroxylation is 1. The van der Waals surface area contributed by atoms with Crippen LogP contribution < -0.4 is 10.6 Å². The predicted molar refractivity (Wildman–Crippen MR) is 85.9 cm³/mol. The Bertz CT molecular complexity index is 547. The van der Waals surface area contributed by atoms with Crippen LogP contribution in [0.1, 0.15) is 36.8 Å². The first-order valence-corrected chi connectivity index (χ1v) is 8.10. The fraction of sp³-hybridized carbons (Fsp3) is 0.588. The van der Waals surface area contributed by atoms with Crippen molar-refractivity contribution in [1.82, 2.24) is 10.6 Å². The van der Waals surface area contributed by atoms with Gasteiger partial charge in [0.05, 0.1) is 5.60 Å². The molecule has 5 nitrogen and oxygen atoms in total. The van der Waals surface area contributed by atoms with Crippen LogP contribution in [0.5, 0.6) is 0 Å². The Morgan fingerprint density at radius 1 is 1.52 bits per heavy atom. The molecular weight excluding hydrogens is 299 g/mol. The molecule has 1 amide bonds. The Morgan fingerprint density at radius 3 is 2.96 bits per heavy atom. The summed E-state index contributed by atoms with van der Waals surface area (Å²) in [6.45, 7) is 3.65. The molecule has 1 fully saturated rings. The van der Waals surface area contributed by atoms with E-state index in [9.17, 15) is 14.3 Å². The van der Waals surface area contributed by atoms with Crippen molar-refractivity contribution in [3.63, 3.8) is 0 Å². The molecule has 0 bridgehead atoms. The predicted octanol–water partition coefficient (Wildman–Crippen LogP) is 2.37. The van der Waals surface area contributed by atoms with E-state index >= 15 is 0 Å². The van der Waals surface area contributed by atoms with Gasteiger partial charge in [-0.2, -0.15) is 0 Å². The molecule has 0 aliphatic carbocycles. The molecule has 0 saturated carbocycles. The van der Waals surface area contributed by atoms with Gasteiger partial charge < -0.3 is 20.8 Å². The van der Waals surface area contributed by atoms with Gasteiger partial charge in [0.2, 0.25) is 0 Å². The highest BCUT2D eigenvalue weighted by Crippen LogP contribution is 2.39. The minimum atomic E-state index is -1.29. The molecule has 4 N–H and O–H groups in total. The minimum Gasteiger partial charge on any atom is -0.465 e. The number of carboxylic acid groups (broad SMARTS) is 1. The van der Waals surface area contributed by atoms with Gasteiger partial charge in [-0.15, -0.1) is 0 Å². The second kappa shape index (κ2) is 7.75. The third-order valence-corrected chi connectivity index (χ3v) is 4.57. The molecule has 1 aliphatic rings. The number of carbonyl (C=O) groups is 1. The molecule has 0 radical (unpaired) electrons. The first-order chi connectivity index (χ1) is 10.9. The molecule has 0 spiro atoms.